The van der Waals surface area contributed by atoms with Gasteiger partial charge in [0.1, 0.15) is 5.82 Å². The highest BCUT2D eigenvalue weighted by molar-refractivity contribution is 5.42. The van der Waals surface area contributed by atoms with Crippen molar-refractivity contribution < 1.29 is 5.11 Å². The zero-order valence-corrected chi connectivity index (χ0v) is 8.35. The van der Waals surface area contributed by atoms with Gasteiger partial charge in [-0.1, -0.05) is 0 Å². The molecule has 1 aliphatic rings. The van der Waals surface area contributed by atoms with Gasteiger partial charge in [0.25, 0.3) is 0 Å². The number of piperidine rings is 1. The van der Waals surface area contributed by atoms with E-state index < -0.39 is 0 Å². The van der Waals surface area contributed by atoms with Crippen LogP contribution in [0.5, 0.6) is 0 Å². The molecule has 0 radical (unpaired) electrons. The molecule has 0 amide bonds. The Balaban J connectivity index is 2.18. The first-order valence-corrected chi connectivity index (χ1v) is 4.98. The molecule has 1 saturated heterocycles. The molecule has 1 aliphatic heterocycles. The number of hydrogen-bond acceptors (Lipinski definition) is 4. The van der Waals surface area contributed by atoms with Crippen molar-refractivity contribution in [2.24, 2.45) is 0 Å². The topological polar surface area (TPSA) is 49.2 Å². The van der Waals surface area contributed by atoms with E-state index in [-0.39, 0.29) is 6.10 Å². The molecule has 14 heavy (non-hydrogen) atoms. The van der Waals surface area contributed by atoms with Crippen molar-refractivity contribution in [2.45, 2.75) is 25.9 Å². The number of rotatable bonds is 1. The van der Waals surface area contributed by atoms with Crippen molar-refractivity contribution in [1.82, 2.24) is 9.97 Å². The lowest BCUT2D eigenvalue weighted by Crippen LogP contribution is -2.39. The number of aliphatic hydroxyl groups excluding tert-OH is 1. The van der Waals surface area contributed by atoms with Crippen molar-refractivity contribution in [1.29, 1.82) is 0 Å². The molecule has 0 saturated carbocycles. The number of hydrogen-bond donors (Lipinski definition) is 1. The first-order valence-electron chi connectivity index (χ1n) is 4.98. The second kappa shape index (κ2) is 3.92. The molecule has 0 bridgehead atoms. The summed E-state index contributed by atoms with van der Waals surface area (Å²) < 4.78 is 0. The molecule has 0 aliphatic carbocycles. The zero-order chi connectivity index (χ0) is 9.97. The van der Waals surface area contributed by atoms with Crippen LogP contribution in [-0.2, 0) is 0 Å². The van der Waals surface area contributed by atoms with Crippen LogP contribution in [0.2, 0.25) is 0 Å². The van der Waals surface area contributed by atoms with Gasteiger partial charge in [-0.05, 0) is 19.8 Å². The minimum atomic E-state index is -0.217. The third-order valence-electron chi connectivity index (χ3n) is 2.55. The van der Waals surface area contributed by atoms with Gasteiger partial charge in [0.15, 0.2) is 0 Å². The van der Waals surface area contributed by atoms with Gasteiger partial charge in [-0.2, -0.15) is 0 Å². The predicted molar refractivity (Wildman–Crippen MR) is 54.2 cm³/mol. The van der Waals surface area contributed by atoms with Crippen molar-refractivity contribution >= 4 is 5.82 Å². The minimum absolute atomic E-state index is 0.217. The van der Waals surface area contributed by atoms with Gasteiger partial charge in [0, 0.05) is 25.5 Å². The number of β-amino-alcohol motifs (C(OH)–C–C–N with tert-alkyl or cyclic N) is 1. The standard InChI is InChI=1S/C10H15N3O/c1-8-10(12-5-4-11-8)13-6-2-3-9(14)7-13/h4-5,9,14H,2-3,6-7H2,1H3/t9-/m1/s1. The summed E-state index contributed by atoms with van der Waals surface area (Å²) in [6.07, 6.45) is 5.10. The smallest absolute Gasteiger partial charge is 0.150 e. The predicted octanol–water partition coefficient (Wildman–Crippen LogP) is 0.746. The van der Waals surface area contributed by atoms with Crippen LogP contribution in [0.4, 0.5) is 5.82 Å². The van der Waals surface area contributed by atoms with Crippen molar-refractivity contribution in [3.8, 4) is 0 Å². The van der Waals surface area contributed by atoms with E-state index in [2.05, 4.69) is 14.9 Å². The van der Waals surface area contributed by atoms with Crippen LogP contribution >= 0.6 is 0 Å². The molecule has 1 aromatic rings. The molecular weight excluding hydrogens is 178 g/mol. The number of aryl methyl sites for hydroxylation is 1. The van der Waals surface area contributed by atoms with E-state index in [1.54, 1.807) is 12.4 Å². The summed E-state index contributed by atoms with van der Waals surface area (Å²) in [5.74, 6) is 0.909. The average molecular weight is 193 g/mol. The lowest BCUT2D eigenvalue weighted by atomic mass is 10.1. The number of anilines is 1. The van der Waals surface area contributed by atoms with E-state index in [0.29, 0.717) is 6.54 Å². The van der Waals surface area contributed by atoms with Crippen LogP contribution in [0.1, 0.15) is 18.5 Å². The molecule has 1 fully saturated rings. The molecule has 0 aromatic carbocycles. The zero-order valence-electron chi connectivity index (χ0n) is 8.35. The molecule has 4 heteroatoms. The first-order chi connectivity index (χ1) is 6.77. The quantitative estimate of drug-likeness (QED) is 0.715. The monoisotopic (exact) mass is 193 g/mol. The van der Waals surface area contributed by atoms with Gasteiger partial charge in [-0.3, -0.25) is 4.98 Å². The van der Waals surface area contributed by atoms with Crippen molar-refractivity contribution in [3.63, 3.8) is 0 Å². The van der Waals surface area contributed by atoms with E-state index in [1.807, 2.05) is 6.92 Å². The van der Waals surface area contributed by atoms with E-state index in [1.165, 1.54) is 0 Å². The average Bonchev–Trinajstić information content (AvgIpc) is 2.18. The molecule has 2 heterocycles. The summed E-state index contributed by atoms with van der Waals surface area (Å²) in [4.78, 5) is 10.6. The van der Waals surface area contributed by atoms with Gasteiger partial charge < -0.3 is 10.0 Å². The SMILES string of the molecule is Cc1nccnc1N1CCC[C@@H](O)C1. The maximum absolute atomic E-state index is 9.54. The fourth-order valence-corrected chi connectivity index (χ4v) is 1.86. The fourth-order valence-electron chi connectivity index (χ4n) is 1.86. The molecule has 4 nitrogen and oxygen atoms in total. The minimum Gasteiger partial charge on any atom is -0.391 e. The third-order valence-corrected chi connectivity index (χ3v) is 2.55. The molecule has 0 unspecified atom stereocenters. The van der Waals surface area contributed by atoms with E-state index in [9.17, 15) is 5.11 Å². The van der Waals surface area contributed by atoms with E-state index in [4.69, 9.17) is 0 Å². The Morgan fingerprint density at radius 3 is 2.93 bits per heavy atom. The summed E-state index contributed by atoms with van der Waals surface area (Å²) in [5, 5.41) is 9.54. The van der Waals surface area contributed by atoms with Gasteiger partial charge in [0.2, 0.25) is 0 Å². The van der Waals surface area contributed by atoms with Gasteiger partial charge in [-0.15, -0.1) is 0 Å². The second-order valence-electron chi connectivity index (χ2n) is 3.71. The van der Waals surface area contributed by atoms with Crippen LogP contribution in [-0.4, -0.2) is 34.3 Å². The lowest BCUT2D eigenvalue weighted by molar-refractivity contribution is 0.154. The molecule has 1 atom stereocenters. The summed E-state index contributed by atoms with van der Waals surface area (Å²) in [6.45, 7) is 3.60. The maximum Gasteiger partial charge on any atom is 0.150 e. The molecule has 76 valence electrons. The van der Waals surface area contributed by atoms with Gasteiger partial charge in [-0.25, -0.2) is 4.98 Å². The fraction of sp³-hybridized carbons (Fsp3) is 0.600. The van der Waals surface area contributed by atoms with Crippen LogP contribution in [0.15, 0.2) is 12.4 Å². The Hall–Kier alpha value is -1.16. The Morgan fingerprint density at radius 1 is 1.43 bits per heavy atom. The summed E-state index contributed by atoms with van der Waals surface area (Å²) >= 11 is 0. The van der Waals surface area contributed by atoms with E-state index >= 15 is 0 Å². The molecular formula is C10H15N3O. The molecule has 1 N–H and O–H groups in total. The summed E-state index contributed by atoms with van der Waals surface area (Å²) in [5.41, 5.74) is 0.932. The Kier molecular flexibility index (Phi) is 2.63. The van der Waals surface area contributed by atoms with Crippen LogP contribution < -0.4 is 4.90 Å². The molecule has 0 spiro atoms. The Bertz CT molecular complexity index is 316. The van der Waals surface area contributed by atoms with Gasteiger partial charge >= 0.3 is 0 Å². The van der Waals surface area contributed by atoms with Crippen molar-refractivity contribution in [3.05, 3.63) is 18.1 Å². The summed E-state index contributed by atoms with van der Waals surface area (Å²) in [6, 6.07) is 0. The number of aromatic nitrogens is 2. The maximum atomic E-state index is 9.54. The first kappa shape index (κ1) is 9.40. The third kappa shape index (κ3) is 1.85. The highest BCUT2D eigenvalue weighted by Crippen LogP contribution is 2.19. The van der Waals surface area contributed by atoms with Crippen LogP contribution in [0, 0.1) is 6.92 Å². The Labute approximate surface area is 83.6 Å². The highest BCUT2D eigenvalue weighted by Gasteiger charge is 2.19. The lowest BCUT2D eigenvalue weighted by Gasteiger charge is -2.31. The van der Waals surface area contributed by atoms with Gasteiger partial charge in [0.05, 0.1) is 11.8 Å². The van der Waals surface area contributed by atoms with Crippen molar-refractivity contribution in [2.75, 3.05) is 18.0 Å². The molecule has 2 rings (SSSR count). The van der Waals surface area contributed by atoms with E-state index in [0.717, 1.165) is 30.9 Å². The Morgan fingerprint density at radius 2 is 2.21 bits per heavy atom. The van der Waals surface area contributed by atoms with Crippen LogP contribution in [0.3, 0.4) is 0 Å². The summed E-state index contributed by atoms with van der Waals surface area (Å²) in [7, 11) is 0. The number of aliphatic hydroxyl groups is 1. The second-order valence-corrected chi connectivity index (χ2v) is 3.71. The largest absolute Gasteiger partial charge is 0.391 e. The van der Waals surface area contributed by atoms with Crippen LogP contribution in [0.25, 0.3) is 0 Å². The number of nitrogens with zero attached hydrogens (tertiary/aromatic N) is 3. The normalized spacial score (nSPS) is 22.4. The highest BCUT2D eigenvalue weighted by atomic mass is 16.3. The molecule has 1 aromatic heterocycles.